The Kier molecular flexibility index (Phi) is 6.22. The van der Waals surface area contributed by atoms with Crippen molar-refractivity contribution in [1.82, 2.24) is 14.9 Å². The van der Waals surface area contributed by atoms with Crippen LogP contribution in [-0.2, 0) is 11.3 Å². The van der Waals surface area contributed by atoms with Crippen LogP contribution in [0, 0.1) is 13.8 Å². The lowest BCUT2D eigenvalue weighted by Crippen LogP contribution is -2.33. The van der Waals surface area contributed by atoms with Gasteiger partial charge in [0.2, 0.25) is 0 Å². The first-order chi connectivity index (χ1) is 13.5. The number of carbonyl (C=O) groups is 1. The highest BCUT2D eigenvalue weighted by atomic mass is 16.5. The van der Waals surface area contributed by atoms with Crippen LogP contribution in [0.2, 0.25) is 0 Å². The molecule has 1 aromatic heterocycles. The molecule has 0 bridgehead atoms. The van der Waals surface area contributed by atoms with Crippen molar-refractivity contribution < 1.29 is 9.53 Å². The predicted octanol–water partition coefficient (Wildman–Crippen LogP) is 2.72. The van der Waals surface area contributed by atoms with Crippen LogP contribution >= 0.6 is 0 Å². The number of hydrogen-bond acceptors (Lipinski definition) is 4. The summed E-state index contributed by atoms with van der Waals surface area (Å²) in [5.74, 6) is 0.426. The summed E-state index contributed by atoms with van der Waals surface area (Å²) < 4.78 is 6.97. The molecule has 0 atom stereocenters. The van der Waals surface area contributed by atoms with E-state index >= 15 is 0 Å². The van der Waals surface area contributed by atoms with Gasteiger partial charge < -0.3 is 10.1 Å². The number of hydrogen-bond donors (Lipinski definition) is 1. The molecular weight excluding hydrogens is 354 g/mol. The van der Waals surface area contributed by atoms with Crippen molar-refractivity contribution >= 4 is 5.91 Å². The molecule has 0 fully saturated rings. The van der Waals surface area contributed by atoms with Gasteiger partial charge in [-0.1, -0.05) is 36.4 Å². The van der Waals surface area contributed by atoms with Crippen LogP contribution in [0.15, 0.2) is 65.7 Å². The Bertz CT molecular complexity index is 1010. The van der Waals surface area contributed by atoms with E-state index in [1.54, 1.807) is 0 Å². The molecule has 0 saturated carbocycles. The molecule has 0 unspecified atom stereocenters. The van der Waals surface area contributed by atoms with Crippen molar-refractivity contribution in [2.45, 2.75) is 20.4 Å². The van der Waals surface area contributed by atoms with E-state index in [1.165, 1.54) is 22.5 Å². The van der Waals surface area contributed by atoms with Gasteiger partial charge in [0.05, 0.1) is 12.0 Å². The SMILES string of the molecule is Cc1ccc(OCC(=O)NCCn2cnc(-c3ccccc3)cc2=O)cc1C. The molecule has 2 aromatic carbocycles. The second kappa shape index (κ2) is 8.99. The average Bonchev–Trinajstić information content (AvgIpc) is 2.70. The number of aromatic nitrogens is 2. The summed E-state index contributed by atoms with van der Waals surface area (Å²) in [5.41, 5.74) is 3.66. The first-order valence-corrected chi connectivity index (χ1v) is 9.11. The summed E-state index contributed by atoms with van der Waals surface area (Å²) in [6, 6.07) is 16.7. The molecule has 0 aliphatic heterocycles. The molecule has 1 N–H and O–H groups in total. The molecule has 0 aliphatic rings. The zero-order valence-corrected chi connectivity index (χ0v) is 16.0. The molecule has 0 saturated heterocycles. The average molecular weight is 377 g/mol. The topological polar surface area (TPSA) is 73.2 Å². The zero-order valence-electron chi connectivity index (χ0n) is 16.0. The Morgan fingerprint density at radius 2 is 1.86 bits per heavy atom. The second-order valence-corrected chi connectivity index (χ2v) is 6.56. The van der Waals surface area contributed by atoms with E-state index in [4.69, 9.17) is 4.74 Å². The van der Waals surface area contributed by atoms with Crippen molar-refractivity contribution in [3.05, 3.63) is 82.4 Å². The van der Waals surface area contributed by atoms with Gasteiger partial charge in [-0.15, -0.1) is 0 Å². The van der Waals surface area contributed by atoms with Crippen LogP contribution in [0.3, 0.4) is 0 Å². The quantitative estimate of drug-likeness (QED) is 0.687. The van der Waals surface area contributed by atoms with E-state index in [-0.39, 0.29) is 18.1 Å². The summed E-state index contributed by atoms with van der Waals surface area (Å²) in [6.07, 6.45) is 1.50. The Morgan fingerprint density at radius 1 is 1.07 bits per heavy atom. The Hall–Kier alpha value is -3.41. The van der Waals surface area contributed by atoms with E-state index in [0.29, 0.717) is 24.5 Å². The fourth-order valence-electron chi connectivity index (χ4n) is 2.68. The zero-order chi connectivity index (χ0) is 19.9. The number of ether oxygens (including phenoxy) is 1. The molecule has 0 radical (unpaired) electrons. The van der Waals surface area contributed by atoms with Gasteiger partial charge in [0.15, 0.2) is 6.61 Å². The summed E-state index contributed by atoms with van der Waals surface area (Å²) in [7, 11) is 0. The first-order valence-electron chi connectivity index (χ1n) is 9.11. The number of carbonyl (C=O) groups excluding carboxylic acids is 1. The van der Waals surface area contributed by atoms with Crippen molar-refractivity contribution in [1.29, 1.82) is 0 Å². The van der Waals surface area contributed by atoms with Gasteiger partial charge in [-0.2, -0.15) is 0 Å². The lowest BCUT2D eigenvalue weighted by atomic mass is 10.1. The molecule has 6 heteroatoms. The highest BCUT2D eigenvalue weighted by Gasteiger charge is 2.05. The predicted molar refractivity (Wildman–Crippen MR) is 108 cm³/mol. The number of rotatable bonds is 7. The molecule has 3 aromatic rings. The maximum absolute atomic E-state index is 12.2. The van der Waals surface area contributed by atoms with Crippen molar-refractivity contribution in [2.24, 2.45) is 0 Å². The number of benzene rings is 2. The smallest absolute Gasteiger partial charge is 0.258 e. The molecule has 144 valence electrons. The maximum atomic E-state index is 12.2. The highest BCUT2D eigenvalue weighted by molar-refractivity contribution is 5.77. The van der Waals surface area contributed by atoms with E-state index in [2.05, 4.69) is 10.3 Å². The van der Waals surface area contributed by atoms with Gasteiger partial charge in [0.1, 0.15) is 5.75 Å². The van der Waals surface area contributed by atoms with Crippen molar-refractivity contribution in [3.63, 3.8) is 0 Å². The third-order valence-corrected chi connectivity index (χ3v) is 4.47. The van der Waals surface area contributed by atoms with Gasteiger partial charge in [-0.3, -0.25) is 14.2 Å². The maximum Gasteiger partial charge on any atom is 0.258 e. The van der Waals surface area contributed by atoms with Gasteiger partial charge in [0, 0.05) is 24.7 Å². The third kappa shape index (κ3) is 5.07. The third-order valence-electron chi connectivity index (χ3n) is 4.47. The highest BCUT2D eigenvalue weighted by Crippen LogP contribution is 2.16. The monoisotopic (exact) mass is 377 g/mol. The van der Waals surface area contributed by atoms with Crippen LogP contribution in [0.4, 0.5) is 0 Å². The molecular formula is C22H23N3O3. The molecule has 3 rings (SSSR count). The van der Waals surface area contributed by atoms with Crippen LogP contribution in [0.25, 0.3) is 11.3 Å². The van der Waals surface area contributed by atoms with Crippen LogP contribution in [0.1, 0.15) is 11.1 Å². The minimum Gasteiger partial charge on any atom is -0.484 e. The summed E-state index contributed by atoms with van der Waals surface area (Å²) in [4.78, 5) is 28.5. The standard InChI is InChI=1S/C22H23N3O3/c1-16-8-9-19(12-17(16)2)28-14-21(26)23-10-11-25-15-24-20(13-22(25)27)18-6-4-3-5-7-18/h3-9,12-13,15H,10-11,14H2,1-2H3,(H,23,26). The van der Waals surface area contributed by atoms with Crippen molar-refractivity contribution in [2.75, 3.05) is 13.2 Å². The van der Waals surface area contributed by atoms with E-state index in [9.17, 15) is 9.59 Å². The van der Waals surface area contributed by atoms with Gasteiger partial charge in [-0.25, -0.2) is 4.98 Å². The molecule has 1 amide bonds. The Balaban J connectivity index is 1.48. The van der Waals surface area contributed by atoms with Gasteiger partial charge in [-0.05, 0) is 37.1 Å². The minimum absolute atomic E-state index is 0.0669. The van der Waals surface area contributed by atoms with E-state index in [0.717, 1.165) is 11.1 Å². The lowest BCUT2D eigenvalue weighted by molar-refractivity contribution is -0.123. The summed E-state index contributed by atoms with van der Waals surface area (Å²) >= 11 is 0. The largest absolute Gasteiger partial charge is 0.484 e. The second-order valence-electron chi connectivity index (χ2n) is 6.56. The summed E-state index contributed by atoms with van der Waals surface area (Å²) in [5, 5.41) is 2.75. The minimum atomic E-state index is -0.236. The molecule has 0 spiro atoms. The van der Waals surface area contributed by atoms with Crippen molar-refractivity contribution in [3.8, 4) is 17.0 Å². The van der Waals surface area contributed by atoms with Gasteiger partial charge in [0.25, 0.3) is 11.5 Å². The normalized spacial score (nSPS) is 10.5. The molecule has 1 heterocycles. The van der Waals surface area contributed by atoms with Gasteiger partial charge >= 0.3 is 0 Å². The number of amides is 1. The summed E-state index contributed by atoms with van der Waals surface area (Å²) in [6.45, 7) is 4.62. The fourth-order valence-corrected chi connectivity index (χ4v) is 2.68. The van der Waals surface area contributed by atoms with Crippen LogP contribution in [-0.4, -0.2) is 28.6 Å². The molecule has 28 heavy (non-hydrogen) atoms. The number of nitrogens with zero attached hydrogens (tertiary/aromatic N) is 2. The Morgan fingerprint density at radius 3 is 2.57 bits per heavy atom. The first kappa shape index (κ1) is 19.4. The number of aryl methyl sites for hydroxylation is 2. The Labute approximate surface area is 163 Å². The van der Waals surface area contributed by atoms with Crippen LogP contribution in [0.5, 0.6) is 5.75 Å². The number of nitrogens with one attached hydrogen (secondary N) is 1. The van der Waals surface area contributed by atoms with E-state index in [1.807, 2.05) is 62.4 Å². The lowest BCUT2D eigenvalue weighted by Gasteiger charge is -2.10. The molecule has 6 nitrogen and oxygen atoms in total. The van der Waals surface area contributed by atoms with E-state index < -0.39 is 0 Å². The fraction of sp³-hybridized carbons (Fsp3) is 0.227. The molecule has 0 aliphatic carbocycles. The van der Waals surface area contributed by atoms with Crippen LogP contribution < -0.4 is 15.6 Å².